The van der Waals surface area contributed by atoms with E-state index in [0.717, 1.165) is 18.0 Å². The molecule has 1 aliphatic heterocycles. The first-order valence-electron chi connectivity index (χ1n) is 7.19. The molecule has 1 saturated heterocycles. The van der Waals surface area contributed by atoms with Crippen LogP contribution in [0.3, 0.4) is 0 Å². The summed E-state index contributed by atoms with van der Waals surface area (Å²) in [6, 6.07) is 8.46. The van der Waals surface area contributed by atoms with E-state index >= 15 is 0 Å². The Morgan fingerprint density at radius 2 is 2.32 bits per heavy atom. The van der Waals surface area contributed by atoms with Crippen LogP contribution in [-0.4, -0.2) is 29.7 Å². The fraction of sp³-hybridized carbons (Fsp3) is 0.529. The highest BCUT2D eigenvalue weighted by molar-refractivity contribution is 5.37. The second-order valence-electron chi connectivity index (χ2n) is 5.46. The highest BCUT2D eigenvalue weighted by Gasteiger charge is 2.15. The van der Waals surface area contributed by atoms with Gasteiger partial charge in [-0.1, -0.05) is 30.9 Å². The molecule has 1 aliphatic rings. The van der Waals surface area contributed by atoms with Gasteiger partial charge in [-0.15, -0.1) is 0 Å². The first-order chi connectivity index (χ1) is 9.28. The lowest BCUT2D eigenvalue weighted by molar-refractivity contribution is 0.176. The average molecular weight is 257 g/mol. The lowest BCUT2D eigenvalue weighted by atomic mass is 9.99. The van der Waals surface area contributed by atoms with Gasteiger partial charge in [-0.3, -0.25) is 4.90 Å². The van der Waals surface area contributed by atoms with Crippen molar-refractivity contribution in [2.75, 3.05) is 19.7 Å². The monoisotopic (exact) mass is 257 g/mol. The van der Waals surface area contributed by atoms with Crippen molar-refractivity contribution in [2.24, 2.45) is 5.92 Å². The summed E-state index contributed by atoms with van der Waals surface area (Å²) in [5, 5.41) is 8.73. The van der Waals surface area contributed by atoms with Crippen LogP contribution in [0.5, 0.6) is 0 Å². The molecule has 0 saturated carbocycles. The lowest BCUT2D eigenvalue weighted by Gasteiger charge is -2.30. The Hall–Kier alpha value is -1.30. The van der Waals surface area contributed by atoms with Crippen molar-refractivity contribution in [1.29, 1.82) is 0 Å². The molecule has 1 fully saturated rings. The van der Waals surface area contributed by atoms with Gasteiger partial charge in [0.1, 0.15) is 0 Å². The summed E-state index contributed by atoms with van der Waals surface area (Å²) in [6.45, 7) is 5.92. The molecule has 2 heteroatoms. The highest BCUT2D eigenvalue weighted by Crippen LogP contribution is 2.18. The maximum absolute atomic E-state index is 8.73. The number of hydrogen-bond acceptors (Lipinski definition) is 2. The van der Waals surface area contributed by atoms with E-state index in [2.05, 4.69) is 41.9 Å². The maximum atomic E-state index is 8.73. The van der Waals surface area contributed by atoms with Crippen molar-refractivity contribution < 1.29 is 5.11 Å². The number of nitrogens with zero attached hydrogens (tertiary/aromatic N) is 1. The van der Waals surface area contributed by atoms with Gasteiger partial charge in [-0.2, -0.15) is 0 Å². The molecule has 0 amide bonds. The average Bonchev–Trinajstić information content (AvgIpc) is 2.39. The molecule has 0 bridgehead atoms. The molecule has 1 aromatic rings. The zero-order valence-electron chi connectivity index (χ0n) is 11.7. The van der Waals surface area contributed by atoms with Gasteiger partial charge in [-0.05, 0) is 43.0 Å². The van der Waals surface area contributed by atoms with Crippen LogP contribution in [-0.2, 0) is 6.54 Å². The minimum absolute atomic E-state index is 0.137. The summed E-state index contributed by atoms with van der Waals surface area (Å²) in [6.07, 6.45) is 3.23. The Morgan fingerprint density at radius 3 is 3.11 bits per heavy atom. The van der Waals surface area contributed by atoms with E-state index in [0.29, 0.717) is 6.42 Å². The third kappa shape index (κ3) is 4.70. The molecular weight excluding hydrogens is 234 g/mol. The van der Waals surface area contributed by atoms with Crippen LogP contribution < -0.4 is 0 Å². The third-order valence-corrected chi connectivity index (χ3v) is 3.54. The summed E-state index contributed by atoms with van der Waals surface area (Å²) >= 11 is 0. The number of rotatable bonds is 3. The molecule has 1 N–H and O–H groups in total. The molecule has 0 aliphatic carbocycles. The van der Waals surface area contributed by atoms with E-state index in [1.54, 1.807) is 0 Å². The normalized spacial score (nSPS) is 19.8. The molecule has 1 aromatic carbocycles. The van der Waals surface area contributed by atoms with Crippen LogP contribution in [0.4, 0.5) is 0 Å². The Labute approximate surface area is 116 Å². The summed E-state index contributed by atoms with van der Waals surface area (Å²) in [7, 11) is 0. The van der Waals surface area contributed by atoms with E-state index in [1.165, 1.54) is 31.5 Å². The SMILES string of the molecule is CC1CCCN(Cc2cccc(C#CCCO)c2)C1. The fourth-order valence-electron chi connectivity index (χ4n) is 2.66. The smallest absolute Gasteiger partial charge is 0.0540 e. The van der Waals surface area contributed by atoms with Crippen molar-refractivity contribution in [1.82, 2.24) is 4.90 Å². The number of likely N-dealkylation sites (tertiary alicyclic amines) is 1. The number of benzene rings is 1. The molecule has 0 spiro atoms. The van der Waals surface area contributed by atoms with Gasteiger partial charge in [-0.25, -0.2) is 0 Å². The lowest BCUT2D eigenvalue weighted by Crippen LogP contribution is -2.33. The van der Waals surface area contributed by atoms with Gasteiger partial charge in [0.25, 0.3) is 0 Å². The summed E-state index contributed by atoms with van der Waals surface area (Å²) in [4.78, 5) is 2.54. The van der Waals surface area contributed by atoms with Crippen molar-refractivity contribution in [3.8, 4) is 11.8 Å². The van der Waals surface area contributed by atoms with E-state index in [1.807, 2.05) is 6.07 Å². The quantitative estimate of drug-likeness (QED) is 0.842. The highest BCUT2D eigenvalue weighted by atomic mass is 16.2. The van der Waals surface area contributed by atoms with Crippen LogP contribution in [0.1, 0.15) is 37.3 Å². The predicted octanol–water partition coefficient (Wildman–Crippen LogP) is 2.65. The van der Waals surface area contributed by atoms with Crippen LogP contribution in [0.25, 0.3) is 0 Å². The summed E-state index contributed by atoms with van der Waals surface area (Å²) in [5.41, 5.74) is 2.39. The Kier molecular flexibility index (Phi) is 5.44. The Balaban J connectivity index is 1.97. The number of piperidine rings is 1. The molecule has 19 heavy (non-hydrogen) atoms. The number of hydrogen-bond donors (Lipinski definition) is 1. The van der Waals surface area contributed by atoms with Crippen LogP contribution in [0.2, 0.25) is 0 Å². The molecule has 1 unspecified atom stereocenters. The molecule has 1 heterocycles. The maximum Gasteiger partial charge on any atom is 0.0540 e. The standard InChI is InChI=1S/C17H23NO/c1-15-6-5-10-18(13-15)14-17-9-4-8-16(12-17)7-2-3-11-19/h4,8-9,12,15,19H,3,5-6,10-11,13-14H2,1H3. The molecular formula is C17H23NO. The van der Waals surface area contributed by atoms with E-state index in [9.17, 15) is 0 Å². The van der Waals surface area contributed by atoms with Gasteiger partial charge >= 0.3 is 0 Å². The molecule has 2 rings (SSSR count). The first-order valence-corrected chi connectivity index (χ1v) is 7.19. The van der Waals surface area contributed by atoms with Crippen LogP contribution in [0, 0.1) is 17.8 Å². The molecule has 0 aromatic heterocycles. The molecule has 102 valence electrons. The van der Waals surface area contributed by atoms with Gasteiger partial charge < -0.3 is 5.11 Å². The first kappa shape index (κ1) is 14.1. The summed E-state index contributed by atoms with van der Waals surface area (Å²) in [5.74, 6) is 6.90. The minimum atomic E-state index is 0.137. The van der Waals surface area contributed by atoms with Crippen LogP contribution in [0.15, 0.2) is 24.3 Å². The van der Waals surface area contributed by atoms with Gasteiger partial charge in [0.05, 0.1) is 6.61 Å². The topological polar surface area (TPSA) is 23.5 Å². The third-order valence-electron chi connectivity index (χ3n) is 3.54. The zero-order valence-corrected chi connectivity index (χ0v) is 11.7. The Morgan fingerprint density at radius 1 is 1.42 bits per heavy atom. The van der Waals surface area contributed by atoms with E-state index in [-0.39, 0.29) is 6.61 Å². The van der Waals surface area contributed by atoms with Crippen molar-refractivity contribution >= 4 is 0 Å². The fourth-order valence-corrected chi connectivity index (χ4v) is 2.66. The second-order valence-corrected chi connectivity index (χ2v) is 5.46. The van der Waals surface area contributed by atoms with Gasteiger partial charge in [0.15, 0.2) is 0 Å². The van der Waals surface area contributed by atoms with Crippen molar-refractivity contribution in [3.63, 3.8) is 0 Å². The van der Waals surface area contributed by atoms with Gasteiger partial charge in [0.2, 0.25) is 0 Å². The van der Waals surface area contributed by atoms with Crippen molar-refractivity contribution in [2.45, 2.75) is 32.7 Å². The van der Waals surface area contributed by atoms with E-state index < -0.39 is 0 Å². The number of aliphatic hydroxyl groups excluding tert-OH is 1. The molecule has 0 radical (unpaired) electrons. The van der Waals surface area contributed by atoms with Gasteiger partial charge in [0, 0.05) is 25.1 Å². The minimum Gasteiger partial charge on any atom is -0.395 e. The number of aliphatic hydroxyl groups is 1. The summed E-state index contributed by atoms with van der Waals surface area (Å²) < 4.78 is 0. The Bertz CT molecular complexity index is 458. The van der Waals surface area contributed by atoms with Crippen molar-refractivity contribution in [3.05, 3.63) is 35.4 Å². The molecule has 1 atom stereocenters. The largest absolute Gasteiger partial charge is 0.395 e. The predicted molar refractivity (Wildman–Crippen MR) is 78.7 cm³/mol. The zero-order chi connectivity index (χ0) is 13.5. The van der Waals surface area contributed by atoms with Crippen LogP contribution >= 0.6 is 0 Å². The molecule has 2 nitrogen and oxygen atoms in total. The second kappa shape index (κ2) is 7.33. The van der Waals surface area contributed by atoms with E-state index in [4.69, 9.17) is 5.11 Å².